The molecule has 3 amide bonds. The lowest BCUT2D eigenvalue weighted by Gasteiger charge is -2.34. The van der Waals surface area contributed by atoms with Gasteiger partial charge in [0, 0.05) is 18.3 Å². The van der Waals surface area contributed by atoms with E-state index < -0.39 is 29.6 Å². The SMILES string of the molecule is CCCN(CCC)CCCN1C(=O)[C@H]2[C@H](C(=O)Nc3ccc(C(C)C)cc3)[C@H]3C=C[C@@]2(O3)[C@@H]1C(=O)NC1CCCCC1. The normalized spacial score (nSPS) is 28.6. The first-order valence-corrected chi connectivity index (χ1v) is 16.4. The highest BCUT2D eigenvalue weighted by Gasteiger charge is 2.72. The van der Waals surface area contributed by atoms with Gasteiger partial charge in [0.1, 0.15) is 11.6 Å². The van der Waals surface area contributed by atoms with Crippen molar-refractivity contribution in [2.24, 2.45) is 11.8 Å². The molecule has 3 fully saturated rings. The van der Waals surface area contributed by atoms with Gasteiger partial charge < -0.3 is 25.2 Å². The molecule has 1 aliphatic carbocycles. The number of ether oxygens (including phenoxy) is 1. The lowest BCUT2D eigenvalue weighted by Crippen LogP contribution is -2.56. The van der Waals surface area contributed by atoms with E-state index in [9.17, 15) is 14.4 Å². The molecule has 0 radical (unpaired) electrons. The topological polar surface area (TPSA) is 91.0 Å². The average molecular weight is 579 g/mol. The Hall–Kier alpha value is -2.71. The number of rotatable bonds is 13. The van der Waals surface area contributed by atoms with Gasteiger partial charge in [-0.2, -0.15) is 0 Å². The fraction of sp³-hybridized carbons (Fsp3) is 0.676. The first-order chi connectivity index (χ1) is 20.3. The third-order valence-corrected chi connectivity index (χ3v) is 9.67. The molecule has 5 atom stereocenters. The van der Waals surface area contributed by atoms with Crippen LogP contribution in [-0.2, 0) is 19.1 Å². The fourth-order valence-corrected chi connectivity index (χ4v) is 7.64. The number of anilines is 1. The van der Waals surface area contributed by atoms with Gasteiger partial charge in [0.05, 0.1) is 17.9 Å². The molecular weight excluding hydrogens is 528 g/mol. The predicted molar refractivity (Wildman–Crippen MR) is 165 cm³/mol. The number of amides is 3. The number of hydrogen-bond donors (Lipinski definition) is 2. The zero-order chi connectivity index (χ0) is 29.9. The molecule has 3 heterocycles. The van der Waals surface area contributed by atoms with E-state index in [1.54, 1.807) is 4.90 Å². The third-order valence-electron chi connectivity index (χ3n) is 9.67. The average Bonchev–Trinajstić information content (AvgIpc) is 3.61. The van der Waals surface area contributed by atoms with Gasteiger partial charge in [0.25, 0.3) is 0 Å². The Morgan fingerprint density at radius 3 is 2.36 bits per heavy atom. The fourth-order valence-electron chi connectivity index (χ4n) is 7.64. The van der Waals surface area contributed by atoms with Crippen molar-refractivity contribution in [2.45, 2.75) is 109 Å². The zero-order valence-corrected chi connectivity index (χ0v) is 25.9. The summed E-state index contributed by atoms with van der Waals surface area (Å²) in [7, 11) is 0. The van der Waals surface area contributed by atoms with Crippen LogP contribution in [0.4, 0.5) is 5.69 Å². The molecule has 8 nitrogen and oxygen atoms in total. The quantitative estimate of drug-likeness (QED) is 0.326. The third kappa shape index (κ3) is 6.02. The number of nitrogens with zero attached hydrogens (tertiary/aromatic N) is 2. The molecule has 5 rings (SSSR count). The molecule has 1 aromatic carbocycles. The van der Waals surface area contributed by atoms with Crippen LogP contribution in [0.5, 0.6) is 0 Å². The van der Waals surface area contributed by atoms with Crippen LogP contribution in [0.2, 0.25) is 0 Å². The van der Waals surface area contributed by atoms with Gasteiger partial charge in [0.2, 0.25) is 17.7 Å². The summed E-state index contributed by atoms with van der Waals surface area (Å²) in [5.74, 6) is -1.52. The first-order valence-electron chi connectivity index (χ1n) is 16.4. The maximum Gasteiger partial charge on any atom is 0.246 e. The van der Waals surface area contributed by atoms with Crippen molar-refractivity contribution in [3.05, 3.63) is 42.0 Å². The van der Waals surface area contributed by atoms with E-state index in [0.29, 0.717) is 18.2 Å². The minimum absolute atomic E-state index is 0.124. The maximum absolute atomic E-state index is 14.2. The smallest absolute Gasteiger partial charge is 0.246 e. The molecule has 3 aliphatic heterocycles. The van der Waals surface area contributed by atoms with E-state index in [1.807, 2.05) is 36.4 Å². The molecule has 1 spiro atoms. The van der Waals surface area contributed by atoms with E-state index >= 15 is 0 Å². The summed E-state index contributed by atoms with van der Waals surface area (Å²) in [5, 5.41) is 6.33. The Kier molecular flexibility index (Phi) is 9.73. The Labute approximate surface area is 251 Å². The second-order valence-corrected chi connectivity index (χ2v) is 13.0. The van der Waals surface area contributed by atoms with Crippen LogP contribution in [0.3, 0.4) is 0 Å². The molecule has 2 bridgehead atoms. The number of carbonyl (C=O) groups excluding carboxylic acids is 3. The van der Waals surface area contributed by atoms with Gasteiger partial charge in [-0.1, -0.05) is 71.2 Å². The predicted octanol–water partition coefficient (Wildman–Crippen LogP) is 4.86. The summed E-state index contributed by atoms with van der Waals surface area (Å²) in [4.78, 5) is 46.2. The Bertz CT molecular complexity index is 1140. The molecule has 2 saturated heterocycles. The minimum atomic E-state index is -1.11. The number of hydrogen-bond acceptors (Lipinski definition) is 5. The highest BCUT2D eigenvalue weighted by Crippen LogP contribution is 2.55. The van der Waals surface area contributed by atoms with Crippen LogP contribution in [0.1, 0.15) is 90.5 Å². The standard InChI is InChI=1S/C34H50N4O4/c1-5-19-37(20-6-2)21-10-22-38-30(32(40)36-25-11-8-7-9-12-25)34-18-17-27(42-34)28(29(34)33(38)41)31(39)35-26-15-13-24(14-16-26)23(3)4/h13-18,23,25,27-30H,5-12,19-22H2,1-4H3,(H,35,39)(H,36,40)/t27-,28-,29-,30+,34+/m1/s1. The maximum atomic E-state index is 14.2. The highest BCUT2D eigenvalue weighted by molar-refractivity contribution is 6.02. The van der Waals surface area contributed by atoms with E-state index in [2.05, 4.69) is 43.2 Å². The van der Waals surface area contributed by atoms with Gasteiger partial charge in [-0.3, -0.25) is 14.4 Å². The van der Waals surface area contributed by atoms with Crippen LogP contribution < -0.4 is 10.6 Å². The van der Waals surface area contributed by atoms with Crippen LogP contribution in [0.25, 0.3) is 0 Å². The number of fused-ring (bicyclic) bond motifs is 1. The van der Waals surface area contributed by atoms with Gasteiger partial charge in [0.15, 0.2) is 0 Å². The zero-order valence-electron chi connectivity index (χ0n) is 25.9. The number of likely N-dealkylation sites (tertiary alicyclic amines) is 1. The van der Waals surface area contributed by atoms with Crippen molar-refractivity contribution in [2.75, 3.05) is 31.5 Å². The first kappa shape index (κ1) is 30.7. The lowest BCUT2D eigenvalue weighted by atomic mass is 9.74. The summed E-state index contributed by atoms with van der Waals surface area (Å²) in [6.07, 6.45) is 11.6. The van der Waals surface area contributed by atoms with Crippen molar-refractivity contribution in [3.8, 4) is 0 Å². The largest absolute Gasteiger partial charge is 0.359 e. The Morgan fingerprint density at radius 1 is 1.02 bits per heavy atom. The van der Waals surface area contributed by atoms with Crippen LogP contribution in [-0.4, -0.2) is 77.5 Å². The monoisotopic (exact) mass is 578 g/mol. The van der Waals surface area contributed by atoms with E-state index in [1.165, 1.54) is 12.0 Å². The Balaban J connectivity index is 1.37. The van der Waals surface area contributed by atoms with Gasteiger partial charge in [-0.15, -0.1) is 0 Å². The molecule has 4 aliphatic rings. The van der Waals surface area contributed by atoms with Gasteiger partial charge >= 0.3 is 0 Å². The van der Waals surface area contributed by atoms with Crippen LogP contribution in [0, 0.1) is 11.8 Å². The van der Waals surface area contributed by atoms with Gasteiger partial charge in [-0.25, -0.2) is 0 Å². The second-order valence-electron chi connectivity index (χ2n) is 13.0. The summed E-state index contributed by atoms with van der Waals surface area (Å²) in [5.41, 5.74) is 0.783. The molecule has 1 aromatic rings. The second kappa shape index (κ2) is 13.3. The summed E-state index contributed by atoms with van der Waals surface area (Å²) < 4.78 is 6.53. The van der Waals surface area contributed by atoms with Crippen molar-refractivity contribution in [1.29, 1.82) is 0 Å². The van der Waals surface area contributed by atoms with Crippen molar-refractivity contribution < 1.29 is 19.1 Å². The lowest BCUT2D eigenvalue weighted by molar-refractivity contribution is -0.141. The van der Waals surface area contributed by atoms with Crippen molar-refractivity contribution >= 4 is 23.4 Å². The van der Waals surface area contributed by atoms with Crippen molar-refractivity contribution in [3.63, 3.8) is 0 Å². The highest BCUT2D eigenvalue weighted by atomic mass is 16.5. The minimum Gasteiger partial charge on any atom is -0.359 e. The molecular formula is C34H50N4O4. The van der Waals surface area contributed by atoms with Crippen LogP contribution >= 0.6 is 0 Å². The summed E-state index contributed by atoms with van der Waals surface area (Å²) in [6, 6.07) is 7.22. The number of carbonyl (C=O) groups is 3. The summed E-state index contributed by atoms with van der Waals surface area (Å²) >= 11 is 0. The molecule has 0 aromatic heterocycles. The van der Waals surface area contributed by atoms with Crippen molar-refractivity contribution in [1.82, 2.24) is 15.1 Å². The van der Waals surface area contributed by atoms with E-state index in [-0.39, 0.29) is 23.8 Å². The molecule has 2 N–H and O–H groups in total. The molecule has 230 valence electrons. The molecule has 8 heteroatoms. The molecule has 42 heavy (non-hydrogen) atoms. The Morgan fingerprint density at radius 2 is 1.71 bits per heavy atom. The molecule has 0 unspecified atom stereocenters. The van der Waals surface area contributed by atoms with E-state index in [0.717, 1.165) is 64.6 Å². The number of nitrogens with one attached hydrogen (secondary N) is 2. The number of benzene rings is 1. The van der Waals surface area contributed by atoms with Crippen LogP contribution in [0.15, 0.2) is 36.4 Å². The van der Waals surface area contributed by atoms with Gasteiger partial charge in [-0.05, 0) is 75.4 Å². The van der Waals surface area contributed by atoms with E-state index in [4.69, 9.17) is 4.74 Å². The summed E-state index contributed by atoms with van der Waals surface area (Å²) in [6.45, 7) is 12.0. The molecule has 1 saturated carbocycles.